The summed E-state index contributed by atoms with van der Waals surface area (Å²) in [4.78, 5) is 15.6. The fourth-order valence-corrected chi connectivity index (χ4v) is 1.66. The maximum Gasteiger partial charge on any atom is 0.357 e. The predicted molar refractivity (Wildman–Crippen MR) is 66.7 cm³/mol. The fraction of sp³-hybridized carbons (Fsp3) is 0.455. The summed E-state index contributed by atoms with van der Waals surface area (Å²) in [6.07, 6.45) is 0. The highest BCUT2D eigenvalue weighted by Gasteiger charge is 2.10. The molecule has 0 amide bonds. The van der Waals surface area contributed by atoms with E-state index in [2.05, 4.69) is 26.2 Å². The Bertz CT molecular complexity index is 380. The number of hydrogen-bond donors (Lipinski definition) is 1. The smallest absolute Gasteiger partial charge is 0.357 e. The van der Waals surface area contributed by atoms with Crippen molar-refractivity contribution >= 4 is 27.6 Å². The first-order chi connectivity index (χ1) is 7.52. The number of carbonyl (C=O) groups excluding carboxylic acids is 1. The molecule has 0 radical (unpaired) electrons. The first kappa shape index (κ1) is 13.0. The molecule has 0 spiro atoms. The molecule has 0 aromatic carbocycles. The first-order valence-corrected chi connectivity index (χ1v) is 5.93. The van der Waals surface area contributed by atoms with Crippen LogP contribution in [0, 0.1) is 0 Å². The van der Waals surface area contributed by atoms with Crippen LogP contribution in [0.25, 0.3) is 0 Å². The van der Waals surface area contributed by atoms with Gasteiger partial charge in [-0.15, -0.1) is 0 Å². The topological polar surface area (TPSA) is 51.2 Å². The molecule has 0 atom stereocenters. The number of esters is 1. The second-order valence-electron chi connectivity index (χ2n) is 3.58. The third-order valence-corrected chi connectivity index (χ3v) is 2.14. The van der Waals surface area contributed by atoms with Gasteiger partial charge in [0, 0.05) is 11.7 Å². The number of ether oxygens (including phenoxy) is 1. The molecule has 0 aliphatic carbocycles. The molecule has 0 bridgehead atoms. The average Bonchev–Trinajstić information content (AvgIpc) is 2.15. The molecule has 1 aromatic heterocycles. The molecule has 1 N–H and O–H groups in total. The van der Waals surface area contributed by atoms with Crippen molar-refractivity contribution in [2.75, 3.05) is 11.9 Å². The van der Waals surface area contributed by atoms with Gasteiger partial charge in [0.05, 0.1) is 6.61 Å². The summed E-state index contributed by atoms with van der Waals surface area (Å²) in [6.45, 7) is 6.17. The van der Waals surface area contributed by atoms with E-state index in [4.69, 9.17) is 4.74 Å². The number of carbonyl (C=O) groups is 1. The van der Waals surface area contributed by atoms with Gasteiger partial charge in [-0.25, -0.2) is 9.78 Å². The lowest BCUT2D eigenvalue weighted by Gasteiger charge is -2.11. The molecule has 88 valence electrons. The predicted octanol–water partition coefficient (Wildman–Crippen LogP) is 2.84. The van der Waals surface area contributed by atoms with Crippen molar-refractivity contribution < 1.29 is 9.53 Å². The van der Waals surface area contributed by atoms with Crippen LogP contribution in [-0.2, 0) is 4.74 Å². The lowest BCUT2D eigenvalue weighted by Crippen LogP contribution is -2.12. The van der Waals surface area contributed by atoms with Crippen molar-refractivity contribution in [3.63, 3.8) is 0 Å². The van der Waals surface area contributed by atoms with Crippen LogP contribution in [0.2, 0.25) is 0 Å². The Morgan fingerprint density at radius 1 is 1.56 bits per heavy atom. The van der Waals surface area contributed by atoms with Crippen LogP contribution in [0.5, 0.6) is 0 Å². The van der Waals surface area contributed by atoms with Crippen LogP contribution in [0.1, 0.15) is 31.3 Å². The molecule has 0 unspecified atom stereocenters. The monoisotopic (exact) mass is 286 g/mol. The van der Waals surface area contributed by atoms with Gasteiger partial charge in [0.25, 0.3) is 0 Å². The minimum absolute atomic E-state index is 0.296. The van der Waals surface area contributed by atoms with Crippen LogP contribution >= 0.6 is 15.9 Å². The van der Waals surface area contributed by atoms with Crippen molar-refractivity contribution in [2.45, 2.75) is 26.8 Å². The van der Waals surface area contributed by atoms with E-state index in [1.165, 1.54) is 0 Å². The molecule has 16 heavy (non-hydrogen) atoms. The molecule has 0 aliphatic rings. The summed E-state index contributed by atoms with van der Waals surface area (Å²) >= 11 is 3.26. The zero-order valence-corrected chi connectivity index (χ0v) is 11.2. The van der Waals surface area contributed by atoms with Crippen LogP contribution in [-0.4, -0.2) is 23.6 Å². The molecule has 0 aliphatic heterocycles. The molecule has 5 heteroatoms. The zero-order chi connectivity index (χ0) is 12.1. The van der Waals surface area contributed by atoms with Crippen LogP contribution in [0.15, 0.2) is 16.7 Å². The van der Waals surface area contributed by atoms with E-state index in [0.29, 0.717) is 22.9 Å². The van der Waals surface area contributed by atoms with E-state index in [-0.39, 0.29) is 0 Å². The summed E-state index contributed by atoms with van der Waals surface area (Å²) in [5, 5.41) is 3.21. The van der Waals surface area contributed by atoms with Crippen LogP contribution in [0.3, 0.4) is 0 Å². The highest BCUT2D eigenvalue weighted by atomic mass is 79.9. The summed E-state index contributed by atoms with van der Waals surface area (Å²) < 4.78 is 5.51. The maximum atomic E-state index is 11.5. The standard InChI is InChI=1S/C11H15BrN2O2/c1-4-16-11(15)9-5-8(13-7(2)3)6-10(12)14-9/h5-7H,4H2,1-3H3,(H,13,14). The number of anilines is 1. The Kier molecular flexibility index (Phi) is 4.73. The maximum absolute atomic E-state index is 11.5. The number of halogens is 1. The molecule has 0 fully saturated rings. The van der Waals surface area contributed by atoms with Crippen molar-refractivity contribution in [2.24, 2.45) is 0 Å². The lowest BCUT2D eigenvalue weighted by molar-refractivity contribution is 0.0519. The summed E-state index contributed by atoms with van der Waals surface area (Å²) in [6, 6.07) is 3.80. The van der Waals surface area contributed by atoms with Gasteiger partial charge in [0.15, 0.2) is 5.69 Å². The summed E-state index contributed by atoms with van der Waals surface area (Å²) in [5.74, 6) is -0.407. The Labute approximate surface area is 104 Å². The summed E-state index contributed by atoms with van der Waals surface area (Å²) in [7, 11) is 0. The molecule has 1 aromatic rings. The van der Waals surface area contributed by atoms with Gasteiger partial charge in [0.2, 0.25) is 0 Å². The number of nitrogens with one attached hydrogen (secondary N) is 1. The molecular formula is C11H15BrN2O2. The molecule has 1 rings (SSSR count). The average molecular weight is 287 g/mol. The van der Waals surface area contributed by atoms with E-state index >= 15 is 0 Å². The quantitative estimate of drug-likeness (QED) is 0.683. The third-order valence-electron chi connectivity index (χ3n) is 1.73. The number of rotatable bonds is 4. The van der Waals surface area contributed by atoms with Crippen molar-refractivity contribution in [3.8, 4) is 0 Å². The summed E-state index contributed by atoms with van der Waals surface area (Å²) in [5.41, 5.74) is 1.15. The lowest BCUT2D eigenvalue weighted by atomic mass is 10.3. The number of pyridine rings is 1. The van der Waals surface area contributed by atoms with E-state index in [1.807, 2.05) is 19.9 Å². The zero-order valence-electron chi connectivity index (χ0n) is 9.58. The van der Waals surface area contributed by atoms with Gasteiger partial charge in [-0.1, -0.05) is 0 Å². The number of hydrogen-bond acceptors (Lipinski definition) is 4. The van der Waals surface area contributed by atoms with Gasteiger partial charge >= 0.3 is 5.97 Å². The Hall–Kier alpha value is -1.10. The largest absolute Gasteiger partial charge is 0.461 e. The Balaban J connectivity index is 2.93. The van der Waals surface area contributed by atoms with E-state index < -0.39 is 5.97 Å². The number of aromatic nitrogens is 1. The molecule has 4 nitrogen and oxygen atoms in total. The number of nitrogens with zero attached hydrogens (tertiary/aromatic N) is 1. The second-order valence-corrected chi connectivity index (χ2v) is 4.40. The highest BCUT2D eigenvalue weighted by Crippen LogP contribution is 2.17. The second kappa shape index (κ2) is 5.84. The van der Waals surface area contributed by atoms with E-state index in [0.717, 1.165) is 5.69 Å². The molecule has 0 saturated carbocycles. The third kappa shape index (κ3) is 3.81. The minimum atomic E-state index is -0.407. The first-order valence-electron chi connectivity index (χ1n) is 5.14. The fourth-order valence-electron chi connectivity index (χ4n) is 1.22. The van der Waals surface area contributed by atoms with Gasteiger partial charge in [-0.05, 0) is 48.8 Å². The molecular weight excluding hydrogens is 272 g/mol. The van der Waals surface area contributed by atoms with E-state index in [1.54, 1.807) is 13.0 Å². The molecule has 0 saturated heterocycles. The Morgan fingerprint density at radius 3 is 2.81 bits per heavy atom. The Morgan fingerprint density at radius 2 is 2.25 bits per heavy atom. The van der Waals surface area contributed by atoms with Crippen molar-refractivity contribution in [3.05, 3.63) is 22.4 Å². The van der Waals surface area contributed by atoms with Gasteiger partial charge in [-0.3, -0.25) is 0 Å². The normalized spacial score (nSPS) is 10.3. The minimum Gasteiger partial charge on any atom is -0.461 e. The van der Waals surface area contributed by atoms with Gasteiger partial charge < -0.3 is 10.1 Å². The van der Waals surface area contributed by atoms with Gasteiger partial charge in [0.1, 0.15) is 4.60 Å². The highest BCUT2D eigenvalue weighted by molar-refractivity contribution is 9.10. The van der Waals surface area contributed by atoms with Crippen LogP contribution in [0.4, 0.5) is 5.69 Å². The molecule has 1 heterocycles. The van der Waals surface area contributed by atoms with Gasteiger partial charge in [-0.2, -0.15) is 0 Å². The SMILES string of the molecule is CCOC(=O)c1cc(NC(C)C)cc(Br)n1. The van der Waals surface area contributed by atoms with Crippen molar-refractivity contribution in [1.29, 1.82) is 0 Å². The van der Waals surface area contributed by atoms with Crippen molar-refractivity contribution in [1.82, 2.24) is 4.98 Å². The van der Waals surface area contributed by atoms with Crippen LogP contribution < -0.4 is 5.32 Å². The van der Waals surface area contributed by atoms with E-state index in [9.17, 15) is 4.79 Å².